The number of hydrogen-bond donors (Lipinski definition) is 0. The fraction of sp³-hybridized carbons (Fsp3) is 0.579. The van der Waals surface area contributed by atoms with Gasteiger partial charge in [0.25, 0.3) is 5.91 Å². The monoisotopic (exact) mass is 561 g/mol. The molecule has 0 N–H and O–H groups in total. The van der Waals surface area contributed by atoms with Crippen molar-refractivity contribution in [1.82, 2.24) is 25.3 Å². The molecule has 2 aliphatic heterocycles. The molecule has 3 atom stereocenters. The summed E-state index contributed by atoms with van der Waals surface area (Å²) in [5.41, 5.74) is -0.378. The van der Waals surface area contributed by atoms with Crippen molar-refractivity contribution in [2.45, 2.75) is 59.4 Å². The number of nitrogens with zero attached hydrogens (tertiary/aromatic N) is 5. The van der Waals surface area contributed by atoms with Crippen LogP contribution in [0.2, 0.25) is 0 Å². The number of sulfone groups is 1. The summed E-state index contributed by atoms with van der Waals surface area (Å²) in [7, 11) is -2.69. The number of methoxy groups -OCH3 is 1. The van der Waals surface area contributed by atoms with Crippen molar-refractivity contribution in [2.24, 2.45) is 5.41 Å². The molecule has 1 amide bonds. The first-order chi connectivity index (χ1) is 15.9. The molecule has 0 aliphatic carbocycles. The molecule has 1 saturated heterocycles. The van der Waals surface area contributed by atoms with Crippen molar-refractivity contribution in [3.05, 3.63) is 21.3 Å². The van der Waals surface area contributed by atoms with Crippen molar-refractivity contribution in [2.75, 3.05) is 12.9 Å². The van der Waals surface area contributed by atoms with Crippen molar-refractivity contribution >= 4 is 67.7 Å². The van der Waals surface area contributed by atoms with Crippen LogP contribution in [0.5, 0.6) is 0 Å². The van der Waals surface area contributed by atoms with Gasteiger partial charge in [0, 0.05) is 18.3 Å². The highest BCUT2D eigenvalue weighted by molar-refractivity contribution is 8.15. The predicted molar refractivity (Wildman–Crippen MR) is 131 cm³/mol. The van der Waals surface area contributed by atoms with Gasteiger partial charge in [0.05, 0.1) is 5.70 Å². The number of ether oxygens (including phenoxy) is 1. The van der Waals surface area contributed by atoms with Gasteiger partial charge in [0.15, 0.2) is 35.8 Å². The molecule has 184 valence electrons. The van der Waals surface area contributed by atoms with Crippen LogP contribution in [0.4, 0.5) is 0 Å². The molecule has 0 aromatic carbocycles. The zero-order valence-corrected chi connectivity index (χ0v) is 23.3. The van der Waals surface area contributed by atoms with Crippen molar-refractivity contribution in [3.63, 3.8) is 0 Å². The summed E-state index contributed by atoms with van der Waals surface area (Å²) in [6, 6.07) is 0. The van der Waals surface area contributed by atoms with Gasteiger partial charge in [-0.2, -0.15) is 0 Å². The molecular weight excluding hydrogens is 539 g/mol. The number of aryl methyl sites for hydroxylation is 2. The summed E-state index contributed by atoms with van der Waals surface area (Å²) in [5.74, 6) is -0.694. The smallest absolute Gasteiger partial charge is 0.260 e. The molecule has 1 unspecified atom stereocenters. The van der Waals surface area contributed by atoms with Gasteiger partial charge in [0.1, 0.15) is 14.6 Å². The highest BCUT2D eigenvalue weighted by Gasteiger charge is 2.64. The van der Waals surface area contributed by atoms with Gasteiger partial charge in [-0.3, -0.25) is 14.5 Å². The van der Waals surface area contributed by atoms with Gasteiger partial charge < -0.3 is 4.74 Å². The molecule has 0 saturated carbocycles. The van der Waals surface area contributed by atoms with E-state index in [1.165, 1.54) is 41.5 Å². The van der Waals surface area contributed by atoms with Gasteiger partial charge in [-0.25, -0.2) is 8.42 Å². The lowest BCUT2D eigenvalue weighted by Crippen LogP contribution is -2.72. The number of carbonyl (C=O) groups excluding carboxylic acids is 2. The summed E-state index contributed by atoms with van der Waals surface area (Å²) in [6.07, 6.45) is -1.16. The minimum Gasteiger partial charge on any atom is -0.368 e. The van der Waals surface area contributed by atoms with E-state index in [2.05, 4.69) is 20.4 Å². The summed E-state index contributed by atoms with van der Waals surface area (Å²) in [4.78, 5) is 27.7. The molecular formula is C19H23N5O5S5. The quantitative estimate of drug-likeness (QED) is 0.365. The van der Waals surface area contributed by atoms with E-state index >= 15 is 0 Å². The first-order valence-electron chi connectivity index (χ1n) is 10.1. The topological polar surface area (TPSA) is 132 Å². The second-order valence-electron chi connectivity index (χ2n) is 8.71. The second kappa shape index (κ2) is 9.24. The molecule has 4 rings (SSSR count). The largest absolute Gasteiger partial charge is 0.368 e. The van der Waals surface area contributed by atoms with E-state index < -0.39 is 37.2 Å². The normalized spacial score (nSPS) is 24.2. The molecule has 4 heterocycles. The lowest BCUT2D eigenvalue weighted by Gasteiger charge is -2.51. The van der Waals surface area contributed by atoms with Crippen LogP contribution in [-0.2, 0) is 24.2 Å². The highest BCUT2D eigenvalue weighted by atomic mass is 32.3. The Bertz CT molecular complexity index is 1280. The van der Waals surface area contributed by atoms with E-state index in [0.717, 1.165) is 21.7 Å². The van der Waals surface area contributed by atoms with Crippen molar-refractivity contribution in [1.29, 1.82) is 0 Å². The third-order valence-electron chi connectivity index (χ3n) is 5.18. The van der Waals surface area contributed by atoms with Crippen LogP contribution in [0.3, 0.4) is 0 Å². The number of amides is 1. The molecule has 15 heteroatoms. The number of fused-ring (bicyclic) bond motifs is 1. The number of ketones is 1. The Morgan fingerprint density at radius 3 is 2.18 bits per heavy atom. The Kier molecular flexibility index (Phi) is 6.98. The summed E-state index contributed by atoms with van der Waals surface area (Å²) in [5, 5.41) is 16.4. The number of Topliss-reactive ketones (excluding diaryl/α,β-unsaturated/α-hetero) is 1. The molecule has 2 aliphatic rings. The average Bonchev–Trinajstić information content (AvgIpc) is 3.35. The zero-order valence-electron chi connectivity index (χ0n) is 19.3. The first kappa shape index (κ1) is 25.7. The average molecular weight is 562 g/mol. The van der Waals surface area contributed by atoms with Crippen molar-refractivity contribution < 1.29 is 22.7 Å². The third-order valence-corrected chi connectivity index (χ3v) is 12.3. The van der Waals surface area contributed by atoms with Gasteiger partial charge in [0.2, 0.25) is 0 Å². The summed E-state index contributed by atoms with van der Waals surface area (Å²) in [6.45, 7) is 8.84. The first-order valence-corrected chi connectivity index (χ1v) is 15.2. The Hall–Kier alpha value is -1.39. The lowest BCUT2D eigenvalue weighted by molar-refractivity contribution is -0.161. The molecule has 10 nitrogen and oxygen atoms in total. The van der Waals surface area contributed by atoms with Gasteiger partial charge in [-0.1, -0.05) is 67.0 Å². The highest BCUT2D eigenvalue weighted by Crippen LogP contribution is 2.49. The Labute approximate surface area is 213 Å². The number of hydrogen-bond acceptors (Lipinski definition) is 13. The second-order valence-corrected chi connectivity index (χ2v) is 16.1. The van der Waals surface area contributed by atoms with Crippen LogP contribution in [0.1, 0.15) is 30.8 Å². The SMILES string of the molecule is CO[C@H]1C(=O)N2C(C(=O)C(C)(C)C)=C(CSc3nnc(C)s3)C(Sc3nnc(C)s3)S(=O)(=O)[C@H]12. The molecule has 0 spiro atoms. The Balaban J connectivity index is 1.88. The van der Waals surface area contributed by atoms with Crippen LogP contribution >= 0.6 is 46.2 Å². The maximum atomic E-state index is 13.8. The van der Waals surface area contributed by atoms with Crippen LogP contribution in [0.15, 0.2) is 19.9 Å². The summed E-state index contributed by atoms with van der Waals surface area (Å²) >= 11 is 4.97. The van der Waals surface area contributed by atoms with Gasteiger partial charge in [-0.15, -0.1) is 20.4 Å². The maximum Gasteiger partial charge on any atom is 0.260 e. The molecule has 1 fully saturated rings. The minimum atomic E-state index is -3.98. The predicted octanol–water partition coefficient (Wildman–Crippen LogP) is 2.70. The number of β-lactam (4-membered cyclic amide) rings is 1. The number of aromatic nitrogens is 4. The fourth-order valence-corrected chi connectivity index (χ4v) is 10.8. The standard InChI is InChI=1S/C19H23N5O5S5/c1-8-20-22-17(31-8)30-7-10-11(13(25)19(3,4)5)24-14(26)12(29-6)15(24)34(27,28)16(10)33-18-23-21-9(2)32-18/h12,15-16H,7H2,1-6H3/t12-,15+,16?/m0/s1. The minimum absolute atomic E-state index is 0.123. The Morgan fingerprint density at radius 2 is 1.68 bits per heavy atom. The van der Waals surface area contributed by atoms with E-state index in [4.69, 9.17) is 4.74 Å². The van der Waals surface area contributed by atoms with Crippen LogP contribution in [0, 0.1) is 19.3 Å². The zero-order chi connectivity index (χ0) is 25.0. The molecule has 2 aromatic heterocycles. The van der Waals surface area contributed by atoms with Crippen molar-refractivity contribution in [3.8, 4) is 0 Å². The molecule has 0 bridgehead atoms. The molecule has 0 radical (unpaired) electrons. The van der Waals surface area contributed by atoms with E-state index in [1.54, 1.807) is 27.7 Å². The maximum absolute atomic E-state index is 13.8. The van der Waals surface area contributed by atoms with Gasteiger partial charge >= 0.3 is 0 Å². The van der Waals surface area contributed by atoms with E-state index in [9.17, 15) is 18.0 Å². The van der Waals surface area contributed by atoms with E-state index in [1.807, 2.05) is 6.92 Å². The number of rotatable bonds is 7. The Morgan fingerprint density at radius 1 is 1.09 bits per heavy atom. The van der Waals surface area contributed by atoms with Crippen LogP contribution in [-0.4, -0.2) is 74.3 Å². The number of thioether (sulfide) groups is 2. The van der Waals surface area contributed by atoms with Crippen LogP contribution in [0.25, 0.3) is 0 Å². The van der Waals surface area contributed by atoms with E-state index in [0.29, 0.717) is 19.3 Å². The fourth-order valence-electron chi connectivity index (χ4n) is 3.58. The molecule has 2 aromatic rings. The molecule has 34 heavy (non-hydrogen) atoms. The lowest BCUT2D eigenvalue weighted by atomic mass is 9.86. The third kappa shape index (κ3) is 4.46. The number of carbonyl (C=O) groups is 2. The van der Waals surface area contributed by atoms with Gasteiger partial charge in [-0.05, 0) is 19.4 Å². The van der Waals surface area contributed by atoms with E-state index in [-0.39, 0.29) is 17.2 Å². The van der Waals surface area contributed by atoms with Crippen LogP contribution < -0.4 is 0 Å². The summed E-state index contributed by atoms with van der Waals surface area (Å²) < 4.78 is 32.9. The number of allylic oxidation sites excluding steroid dienone is 1.